The van der Waals surface area contributed by atoms with Gasteiger partial charge in [-0.05, 0) is 110 Å². The number of anilines is 1. The summed E-state index contributed by atoms with van der Waals surface area (Å²) < 4.78 is 40.1. The van der Waals surface area contributed by atoms with Crippen LogP contribution >= 0.6 is 11.6 Å². The highest BCUT2D eigenvalue weighted by Crippen LogP contribution is 2.46. The third kappa shape index (κ3) is 6.74. The van der Waals surface area contributed by atoms with Crippen LogP contribution in [0.15, 0.2) is 60.7 Å². The number of nitrogens with one attached hydrogen (secondary N) is 1. The third-order valence-electron chi connectivity index (χ3n) is 10.7. The first-order chi connectivity index (χ1) is 23.1. The van der Waals surface area contributed by atoms with E-state index in [0.717, 1.165) is 60.7 Å². The molecule has 0 unspecified atom stereocenters. The molecule has 48 heavy (non-hydrogen) atoms. The predicted octanol–water partition coefficient (Wildman–Crippen LogP) is 5.73. The number of rotatable bonds is 3. The average molecular weight is 692 g/mol. The Bertz CT molecular complexity index is 1820. The van der Waals surface area contributed by atoms with Gasteiger partial charge in [0.1, 0.15) is 11.5 Å². The molecule has 1 fully saturated rings. The van der Waals surface area contributed by atoms with Gasteiger partial charge in [0, 0.05) is 48.6 Å². The fraction of sp³-hybridized carbons (Fsp3) is 0.459. The summed E-state index contributed by atoms with van der Waals surface area (Å²) >= 11 is 6.43. The summed E-state index contributed by atoms with van der Waals surface area (Å²) in [7, 11) is -2.34. The fourth-order valence-corrected chi connectivity index (χ4v) is 9.19. The van der Waals surface area contributed by atoms with Gasteiger partial charge in [0.05, 0.1) is 25.2 Å². The SMILES string of the molecule is COc1ccc(CN2C[C@@H]3CC[C@H]3CN3C[C@@]4(CCCc5cc(Cl)ccc54)COc4ccc(cc43)C(=O)NS(=O)(=O)CCCC2=O)cc1. The van der Waals surface area contributed by atoms with Crippen LogP contribution in [0.2, 0.25) is 5.02 Å². The molecular weight excluding hydrogens is 650 g/mol. The highest BCUT2D eigenvalue weighted by Gasteiger charge is 2.44. The van der Waals surface area contributed by atoms with Crippen LogP contribution in [-0.2, 0) is 33.2 Å². The first-order valence-electron chi connectivity index (χ1n) is 16.9. The van der Waals surface area contributed by atoms with E-state index < -0.39 is 15.9 Å². The lowest BCUT2D eigenvalue weighted by Crippen LogP contribution is -2.50. The van der Waals surface area contributed by atoms with Gasteiger partial charge in [-0.2, -0.15) is 0 Å². The van der Waals surface area contributed by atoms with E-state index in [1.165, 1.54) is 11.1 Å². The monoisotopic (exact) mass is 691 g/mol. The molecule has 7 rings (SSSR count). The standard InChI is InChI=1S/C37H42ClN3O6S/c1-46-31-12-6-25(7-13-31)20-40-21-28-8-9-29(28)22-41-23-37(16-2-4-26-18-30(38)11-14-32(26)37)24-47-34-15-10-27(19-33(34)41)36(43)39-48(44,45)17-3-5-35(40)42/h6-7,10-15,18-19,28-29H,2-5,8-9,16-17,20-24H2,1H3,(H,39,43)/t28-,29-,37-/m0/s1. The first-order valence-corrected chi connectivity index (χ1v) is 18.9. The summed E-state index contributed by atoms with van der Waals surface area (Å²) in [5, 5.41) is 0.727. The van der Waals surface area contributed by atoms with Gasteiger partial charge in [-0.3, -0.25) is 9.59 Å². The van der Waals surface area contributed by atoms with Gasteiger partial charge in [0.15, 0.2) is 0 Å². The maximum absolute atomic E-state index is 13.7. The molecule has 1 N–H and O–H groups in total. The van der Waals surface area contributed by atoms with Gasteiger partial charge in [0.2, 0.25) is 15.9 Å². The zero-order valence-electron chi connectivity index (χ0n) is 27.3. The van der Waals surface area contributed by atoms with Crippen molar-refractivity contribution in [3.63, 3.8) is 0 Å². The maximum atomic E-state index is 13.7. The summed E-state index contributed by atoms with van der Waals surface area (Å²) in [5.41, 5.74) is 4.26. The van der Waals surface area contributed by atoms with Crippen molar-refractivity contribution >= 4 is 39.1 Å². The van der Waals surface area contributed by atoms with Crippen molar-refractivity contribution in [3.8, 4) is 11.5 Å². The summed E-state index contributed by atoms with van der Waals surface area (Å²) in [5.74, 6) is 0.956. The van der Waals surface area contributed by atoms with E-state index in [1.54, 1.807) is 25.3 Å². The minimum Gasteiger partial charge on any atom is -0.497 e. The van der Waals surface area contributed by atoms with Gasteiger partial charge < -0.3 is 19.3 Å². The molecule has 2 bridgehead atoms. The second-order valence-corrected chi connectivity index (χ2v) is 16.1. The quantitative estimate of drug-likeness (QED) is 0.374. The molecule has 4 aliphatic rings. The molecule has 1 saturated carbocycles. The number of halogens is 1. The number of carbonyl (C=O) groups is 2. The number of aryl methyl sites for hydroxylation is 1. The number of carbonyl (C=O) groups excluding carboxylic acids is 2. The van der Waals surface area contributed by atoms with Gasteiger partial charge in [-0.25, -0.2) is 13.1 Å². The van der Waals surface area contributed by atoms with E-state index in [-0.39, 0.29) is 41.4 Å². The Morgan fingerprint density at radius 2 is 1.77 bits per heavy atom. The van der Waals surface area contributed by atoms with Gasteiger partial charge in [-0.1, -0.05) is 29.8 Å². The van der Waals surface area contributed by atoms with E-state index in [1.807, 2.05) is 35.2 Å². The number of hydrogen-bond acceptors (Lipinski definition) is 7. The minimum absolute atomic E-state index is 0.0803. The van der Waals surface area contributed by atoms with Crippen LogP contribution in [0.3, 0.4) is 0 Å². The Morgan fingerprint density at radius 3 is 2.54 bits per heavy atom. The molecule has 9 nitrogen and oxygen atoms in total. The Labute approximate surface area is 287 Å². The zero-order chi connectivity index (χ0) is 33.5. The third-order valence-corrected chi connectivity index (χ3v) is 12.3. The lowest BCUT2D eigenvalue weighted by molar-refractivity contribution is -0.133. The smallest absolute Gasteiger partial charge is 0.264 e. The number of ether oxygens (including phenoxy) is 2. The molecule has 1 spiro atoms. The normalized spacial score (nSPS) is 25.5. The zero-order valence-corrected chi connectivity index (χ0v) is 28.8. The molecule has 2 heterocycles. The van der Waals surface area contributed by atoms with Crippen molar-refractivity contribution in [1.29, 1.82) is 0 Å². The predicted molar refractivity (Wildman–Crippen MR) is 185 cm³/mol. The summed E-state index contributed by atoms with van der Waals surface area (Å²) in [6, 6.07) is 19.1. The van der Waals surface area contributed by atoms with E-state index in [4.69, 9.17) is 21.1 Å². The van der Waals surface area contributed by atoms with Crippen molar-refractivity contribution in [2.75, 3.05) is 44.0 Å². The highest BCUT2D eigenvalue weighted by atomic mass is 35.5. The molecule has 2 aliphatic carbocycles. The molecule has 11 heteroatoms. The Morgan fingerprint density at radius 1 is 0.979 bits per heavy atom. The molecule has 0 radical (unpaired) electrons. The second-order valence-electron chi connectivity index (χ2n) is 13.9. The van der Waals surface area contributed by atoms with Crippen LogP contribution in [0, 0.1) is 11.8 Å². The number of benzene rings is 3. The van der Waals surface area contributed by atoms with Gasteiger partial charge in [-0.15, -0.1) is 0 Å². The summed E-state index contributed by atoms with van der Waals surface area (Å²) in [4.78, 5) is 31.2. The van der Waals surface area contributed by atoms with E-state index in [2.05, 4.69) is 21.8 Å². The molecule has 2 aliphatic heterocycles. The average Bonchev–Trinajstić information content (AvgIpc) is 3.21. The summed E-state index contributed by atoms with van der Waals surface area (Å²) in [6.45, 7) is 2.95. The topological polar surface area (TPSA) is 105 Å². The number of amides is 2. The lowest BCUT2D eigenvalue weighted by atomic mass is 9.69. The van der Waals surface area contributed by atoms with Crippen LogP contribution in [-0.4, -0.2) is 64.2 Å². The number of hydrogen-bond donors (Lipinski definition) is 1. The number of fused-ring (bicyclic) bond motifs is 4. The van der Waals surface area contributed by atoms with Gasteiger partial charge in [0.25, 0.3) is 5.91 Å². The Balaban J connectivity index is 1.24. The number of sulfonamides is 1. The minimum atomic E-state index is -3.96. The molecule has 0 saturated heterocycles. The van der Waals surface area contributed by atoms with Crippen LogP contribution < -0.4 is 19.1 Å². The number of methoxy groups -OCH3 is 1. The van der Waals surface area contributed by atoms with Crippen LogP contribution in [0.5, 0.6) is 11.5 Å². The summed E-state index contributed by atoms with van der Waals surface area (Å²) in [6.07, 6.45) is 5.19. The molecule has 2 amide bonds. The van der Waals surface area contributed by atoms with Gasteiger partial charge >= 0.3 is 0 Å². The molecule has 3 aromatic carbocycles. The van der Waals surface area contributed by atoms with Crippen LogP contribution in [0.4, 0.5) is 5.69 Å². The van der Waals surface area contributed by atoms with Crippen molar-refractivity contribution in [2.45, 2.75) is 56.9 Å². The van der Waals surface area contributed by atoms with Crippen molar-refractivity contribution < 1.29 is 27.5 Å². The second kappa shape index (κ2) is 13.3. The lowest BCUT2D eigenvalue weighted by Gasteiger charge is -2.45. The first kappa shape index (κ1) is 32.8. The molecular formula is C37H42ClN3O6S. The maximum Gasteiger partial charge on any atom is 0.264 e. The van der Waals surface area contributed by atoms with Crippen LogP contribution in [0.1, 0.15) is 65.6 Å². The molecule has 0 aromatic heterocycles. The van der Waals surface area contributed by atoms with E-state index in [9.17, 15) is 18.0 Å². The molecule has 3 aromatic rings. The Kier molecular flexibility index (Phi) is 9.06. The number of nitrogens with zero attached hydrogens (tertiary/aromatic N) is 2. The van der Waals surface area contributed by atoms with E-state index >= 15 is 0 Å². The van der Waals surface area contributed by atoms with Crippen molar-refractivity contribution in [2.24, 2.45) is 11.8 Å². The highest BCUT2D eigenvalue weighted by molar-refractivity contribution is 7.90. The molecule has 254 valence electrons. The van der Waals surface area contributed by atoms with Crippen molar-refractivity contribution in [1.82, 2.24) is 9.62 Å². The fourth-order valence-electron chi connectivity index (χ4n) is 7.97. The van der Waals surface area contributed by atoms with Crippen molar-refractivity contribution in [3.05, 3.63) is 87.9 Å². The van der Waals surface area contributed by atoms with Crippen LogP contribution in [0.25, 0.3) is 0 Å². The largest absolute Gasteiger partial charge is 0.497 e. The molecule has 3 atom stereocenters. The van der Waals surface area contributed by atoms with E-state index in [0.29, 0.717) is 37.9 Å². The Hall–Kier alpha value is -3.76.